The molecule has 0 spiro atoms. The van der Waals surface area contributed by atoms with Gasteiger partial charge in [-0.05, 0) is 18.1 Å². The summed E-state index contributed by atoms with van der Waals surface area (Å²) >= 11 is 6.37. The summed E-state index contributed by atoms with van der Waals surface area (Å²) in [6.45, 7) is 12.6. The Morgan fingerprint density at radius 2 is 1.90 bits per heavy atom. The van der Waals surface area contributed by atoms with Crippen LogP contribution >= 0.6 is 11.6 Å². The number of nitrogens with zero attached hydrogens (tertiary/aromatic N) is 3. The Hall–Kier alpha value is -2.34. The van der Waals surface area contributed by atoms with E-state index in [0.29, 0.717) is 29.5 Å². The van der Waals surface area contributed by atoms with Gasteiger partial charge in [-0.1, -0.05) is 65.3 Å². The molecule has 0 fully saturated rings. The van der Waals surface area contributed by atoms with Gasteiger partial charge in [0.1, 0.15) is 5.82 Å². The second kappa shape index (κ2) is 9.44. The van der Waals surface area contributed by atoms with E-state index in [9.17, 15) is 9.59 Å². The maximum absolute atomic E-state index is 12.8. The smallest absolute Gasteiger partial charge is 0.245 e. The van der Waals surface area contributed by atoms with Gasteiger partial charge in [-0.25, -0.2) is 4.68 Å². The first-order valence-electron chi connectivity index (χ1n) is 9.96. The average molecular weight is 419 g/mol. The van der Waals surface area contributed by atoms with Crippen molar-refractivity contribution in [2.24, 2.45) is 5.92 Å². The van der Waals surface area contributed by atoms with Crippen molar-refractivity contribution in [1.82, 2.24) is 14.7 Å². The molecule has 1 aromatic carbocycles. The van der Waals surface area contributed by atoms with E-state index in [4.69, 9.17) is 11.6 Å². The summed E-state index contributed by atoms with van der Waals surface area (Å²) in [7, 11) is 0. The number of anilines is 1. The van der Waals surface area contributed by atoms with E-state index in [2.05, 4.69) is 31.2 Å². The molecule has 0 atom stereocenters. The molecule has 2 amide bonds. The molecule has 1 heterocycles. The van der Waals surface area contributed by atoms with Crippen molar-refractivity contribution >= 4 is 29.2 Å². The first-order chi connectivity index (χ1) is 13.5. The zero-order chi connectivity index (χ0) is 21.8. The standard InChI is InChI=1S/C22H31ClN4O2/c1-7-21(29)26(13-15(2)3)14-20(28)24-19-12-18(22(4,5)6)25-27(19)17-11-9-8-10-16(17)23/h8-12,15H,7,13-14H2,1-6H3,(H,24,28). The lowest BCUT2D eigenvalue weighted by Gasteiger charge is -2.23. The molecule has 29 heavy (non-hydrogen) atoms. The highest BCUT2D eigenvalue weighted by Crippen LogP contribution is 2.29. The fourth-order valence-electron chi connectivity index (χ4n) is 2.92. The van der Waals surface area contributed by atoms with E-state index in [0.717, 1.165) is 5.69 Å². The Balaban J connectivity index is 2.33. The highest BCUT2D eigenvalue weighted by atomic mass is 35.5. The molecule has 2 aromatic rings. The Kier molecular flexibility index (Phi) is 7.47. The van der Waals surface area contributed by atoms with Crippen LogP contribution in [0.4, 0.5) is 5.82 Å². The summed E-state index contributed by atoms with van der Waals surface area (Å²) in [6, 6.07) is 9.21. The molecule has 0 unspecified atom stereocenters. The minimum atomic E-state index is -0.263. The third-order valence-electron chi connectivity index (χ3n) is 4.40. The topological polar surface area (TPSA) is 67.2 Å². The fourth-order valence-corrected chi connectivity index (χ4v) is 3.13. The molecular formula is C22H31ClN4O2. The SMILES string of the molecule is CCC(=O)N(CC(=O)Nc1cc(C(C)(C)C)nn1-c1ccccc1Cl)CC(C)C. The van der Waals surface area contributed by atoms with Gasteiger partial charge in [0.05, 0.1) is 22.9 Å². The van der Waals surface area contributed by atoms with E-state index in [1.54, 1.807) is 22.6 Å². The minimum absolute atomic E-state index is 0.00338. The fraction of sp³-hybridized carbons (Fsp3) is 0.500. The molecule has 0 radical (unpaired) electrons. The molecular weight excluding hydrogens is 388 g/mol. The van der Waals surface area contributed by atoms with Crippen LogP contribution in [0.3, 0.4) is 0 Å². The van der Waals surface area contributed by atoms with Crippen molar-refractivity contribution in [2.45, 2.75) is 53.4 Å². The first-order valence-corrected chi connectivity index (χ1v) is 10.3. The molecule has 0 saturated heterocycles. The van der Waals surface area contributed by atoms with Gasteiger partial charge in [0.2, 0.25) is 11.8 Å². The number of amides is 2. The maximum Gasteiger partial charge on any atom is 0.245 e. The van der Waals surface area contributed by atoms with Crippen molar-refractivity contribution in [2.75, 3.05) is 18.4 Å². The highest BCUT2D eigenvalue weighted by Gasteiger charge is 2.23. The summed E-state index contributed by atoms with van der Waals surface area (Å²) in [4.78, 5) is 26.6. The van der Waals surface area contributed by atoms with Crippen molar-refractivity contribution in [3.8, 4) is 5.69 Å². The zero-order valence-electron chi connectivity index (χ0n) is 18.1. The number of nitrogens with one attached hydrogen (secondary N) is 1. The molecule has 0 aliphatic carbocycles. The van der Waals surface area contributed by atoms with E-state index < -0.39 is 0 Å². The van der Waals surface area contributed by atoms with Gasteiger partial charge in [0, 0.05) is 24.4 Å². The largest absolute Gasteiger partial charge is 0.333 e. The number of halogens is 1. The number of benzene rings is 1. The summed E-state index contributed by atoms with van der Waals surface area (Å²) in [5, 5.41) is 8.14. The minimum Gasteiger partial charge on any atom is -0.333 e. The highest BCUT2D eigenvalue weighted by molar-refractivity contribution is 6.32. The number of rotatable bonds is 7. The average Bonchev–Trinajstić information content (AvgIpc) is 3.04. The van der Waals surface area contributed by atoms with E-state index >= 15 is 0 Å². The summed E-state index contributed by atoms with van der Waals surface area (Å²) in [6.07, 6.45) is 0.367. The number of aromatic nitrogens is 2. The normalized spacial score (nSPS) is 11.6. The van der Waals surface area contributed by atoms with Crippen molar-refractivity contribution in [3.05, 3.63) is 41.0 Å². The predicted molar refractivity (Wildman–Crippen MR) is 118 cm³/mol. The second-order valence-corrected chi connectivity index (χ2v) is 9.01. The van der Waals surface area contributed by atoms with Crippen LogP contribution in [0.2, 0.25) is 5.02 Å². The molecule has 6 nitrogen and oxygen atoms in total. The van der Waals surface area contributed by atoms with Gasteiger partial charge < -0.3 is 10.2 Å². The Morgan fingerprint density at radius 3 is 2.45 bits per heavy atom. The molecule has 0 saturated carbocycles. The summed E-state index contributed by atoms with van der Waals surface area (Å²) < 4.78 is 1.65. The van der Waals surface area contributed by atoms with Crippen LogP contribution in [0.5, 0.6) is 0 Å². The van der Waals surface area contributed by atoms with Crippen LogP contribution in [-0.4, -0.2) is 39.6 Å². The van der Waals surface area contributed by atoms with Crippen LogP contribution in [0, 0.1) is 5.92 Å². The van der Waals surface area contributed by atoms with Crippen molar-refractivity contribution < 1.29 is 9.59 Å². The Morgan fingerprint density at radius 1 is 1.24 bits per heavy atom. The van der Waals surface area contributed by atoms with Gasteiger partial charge in [-0.3, -0.25) is 9.59 Å². The molecule has 0 aliphatic heterocycles. The van der Waals surface area contributed by atoms with Crippen LogP contribution in [0.1, 0.15) is 53.7 Å². The van der Waals surface area contributed by atoms with E-state index in [-0.39, 0.29) is 29.7 Å². The lowest BCUT2D eigenvalue weighted by Crippen LogP contribution is -2.40. The number of carbonyl (C=O) groups excluding carboxylic acids is 2. The molecule has 7 heteroatoms. The number of carbonyl (C=O) groups is 2. The zero-order valence-corrected chi connectivity index (χ0v) is 18.9. The molecule has 1 aromatic heterocycles. The van der Waals surface area contributed by atoms with Gasteiger partial charge in [0.25, 0.3) is 0 Å². The summed E-state index contributed by atoms with van der Waals surface area (Å²) in [5.74, 6) is 0.505. The number of hydrogen-bond donors (Lipinski definition) is 1. The lowest BCUT2D eigenvalue weighted by molar-refractivity contribution is -0.134. The number of hydrogen-bond acceptors (Lipinski definition) is 3. The number of para-hydroxylation sites is 1. The van der Waals surface area contributed by atoms with E-state index in [1.807, 2.05) is 38.1 Å². The third kappa shape index (κ3) is 6.07. The van der Waals surface area contributed by atoms with Crippen LogP contribution in [-0.2, 0) is 15.0 Å². The monoisotopic (exact) mass is 418 g/mol. The molecule has 158 valence electrons. The first kappa shape index (κ1) is 22.9. The van der Waals surface area contributed by atoms with Gasteiger partial charge >= 0.3 is 0 Å². The quantitative estimate of drug-likeness (QED) is 0.711. The van der Waals surface area contributed by atoms with Crippen molar-refractivity contribution in [3.63, 3.8) is 0 Å². The third-order valence-corrected chi connectivity index (χ3v) is 4.72. The van der Waals surface area contributed by atoms with Gasteiger partial charge in [-0.2, -0.15) is 5.10 Å². The van der Waals surface area contributed by atoms with E-state index in [1.165, 1.54) is 0 Å². The van der Waals surface area contributed by atoms with Gasteiger partial charge in [0.15, 0.2) is 0 Å². The summed E-state index contributed by atoms with van der Waals surface area (Å²) in [5.41, 5.74) is 1.31. The van der Waals surface area contributed by atoms with Crippen LogP contribution in [0.15, 0.2) is 30.3 Å². The maximum atomic E-state index is 12.8. The Bertz CT molecular complexity index is 868. The molecule has 2 rings (SSSR count). The molecule has 0 aliphatic rings. The van der Waals surface area contributed by atoms with Crippen LogP contribution < -0.4 is 5.32 Å². The predicted octanol–water partition coefficient (Wildman–Crippen LogP) is 4.66. The second-order valence-electron chi connectivity index (χ2n) is 8.60. The van der Waals surface area contributed by atoms with Gasteiger partial charge in [-0.15, -0.1) is 0 Å². The Labute approximate surface area is 178 Å². The lowest BCUT2D eigenvalue weighted by atomic mass is 9.92. The van der Waals surface area contributed by atoms with Crippen molar-refractivity contribution in [1.29, 1.82) is 0 Å². The van der Waals surface area contributed by atoms with Crippen LogP contribution in [0.25, 0.3) is 5.69 Å². The molecule has 1 N–H and O–H groups in total. The molecule has 0 bridgehead atoms.